The van der Waals surface area contributed by atoms with E-state index in [1.165, 1.54) is 0 Å². The third kappa shape index (κ3) is 3.56. The molecule has 1 rings (SSSR count). The van der Waals surface area contributed by atoms with Gasteiger partial charge in [0.05, 0.1) is 19.3 Å². The van der Waals surface area contributed by atoms with Crippen molar-refractivity contribution in [2.75, 3.05) is 6.61 Å². The zero-order valence-electron chi connectivity index (χ0n) is 8.73. The predicted octanol–water partition coefficient (Wildman–Crippen LogP) is 1.56. The molecule has 1 aromatic rings. The van der Waals surface area contributed by atoms with Crippen LogP contribution < -0.4 is 4.74 Å². The summed E-state index contributed by atoms with van der Waals surface area (Å²) in [5.74, 6) is 0.598. The van der Waals surface area contributed by atoms with Gasteiger partial charge in [-0.05, 0) is 25.5 Å². The number of aryl methyl sites for hydroxylation is 1. The van der Waals surface area contributed by atoms with Gasteiger partial charge in [0.15, 0.2) is 0 Å². The second-order valence-corrected chi connectivity index (χ2v) is 3.17. The third-order valence-electron chi connectivity index (χ3n) is 1.91. The summed E-state index contributed by atoms with van der Waals surface area (Å²) in [7, 11) is 0. The van der Waals surface area contributed by atoms with Crippen molar-refractivity contribution in [2.45, 2.75) is 26.4 Å². The van der Waals surface area contributed by atoms with Gasteiger partial charge >= 0.3 is 0 Å². The fourth-order valence-corrected chi connectivity index (χ4v) is 1.18. The smallest absolute Gasteiger partial charge is 0.143 e. The molecular weight excluding hydrogens is 192 g/mol. The van der Waals surface area contributed by atoms with Gasteiger partial charge in [0.25, 0.3) is 0 Å². The Balaban J connectivity index is 2.57. The average Bonchev–Trinajstić information content (AvgIpc) is 2.26. The molecule has 0 aliphatic heterocycles. The van der Waals surface area contributed by atoms with Crippen molar-refractivity contribution in [3.63, 3.8) is 0 Å². The number of nitrogens with zero attached hydrogens (tertiary/aromatic N) is 2. The van der Waals surface area contributed by atoms with E-state index in [2.05, 4.69) is 4.98 Å². The molecule has 0 fully saturated rings. The fraction of sp³-hybridized carbons (Fsp3) is 0.455. The second-order valence-electron chi connectivity index (χ2n) is 3.17. The Morgan fingerprint density at radius 2 is 2.33 bits per heavy atom. The van der Waals surface area contributed by atoms with Gasteiger partial charge < -0.3 is 9.84 Å². The van der Waals surface area contributed by atoms with E-state index in [0.29, 0.717) is 30.9 Å². The van der Waals surface area contributed by atoms with E-state index in [-0.39, 0.29) is 6.61 Å². The van der Waals surface area contributed by atoms with Crippen LogP contribution in [0.4, 0.5) is 0 Å². The van der Waals surface area contributed by atoms with Gasteiger partial charge in [0, 0.05) is 12.1 Å². The summed E-state index contributed by atoms with van der Waals surface area (Å²) in [5.41, 5.74) is 1.40. The molecule has 0 spiro atoms. The third-order valence-corrected chi connectivity index (χ3v) is 1.91. The monoisotopic (exact) mass is 206 g/mol. The van der Waals surface area contributed by atoms with Gasteiger partial charge in [-0.1, -0.05) is 0 Å². The number of ether oxygens (including phenoxy) is 1. The summed E-state index contributed by atoms with van der Waals surface area (Å²) in [6, 6.07) is 5.67. The summed E-state index contributed by atoms with van der Waals surface area (Å²) in [6.45, 7) is 2.21. The van der Waals surface area contributed by atoms with Crippen molar-refractivity contribution in [3.05, 3.63) is 23.5 Å². The molecule has 4 nitrogen and oxygen atoms in total. The number of aliphatic hydroxyl groups is 1. The lowest BCUT2D eigenvalue weighted by atomic mass is 10.3. The van der Waals surface area contributed by atoms with Crippen LogP contribution >= 0.6 is 0 Å². The number of aromatic nitrogens is 1. The quantitative estimate of drug-likeness (QED) is 0.742. The van der Waals surface area contributed by atoms with Crippen molar-refractivity contribution in [2.24, 2.45) is 0 Å². The van der Waals surface area contributed by atoms with Crippen LogP contribution in [0, 0.1) is 18.3 Å². The first kappa shape index (κ1) is 11.5. The van der Waals surface area contributed by atoms with Gasteiger partial charge in [0.2, 0.25) is 0 Å². The number of rotatable bonds is 5. The molecule has 0 atom stereocenters. The maximum Gasteiger partial charge on any atom is 0.143 e. The topological polar surface area (TPSA) is 66.1 Å². The van der Waals surface area contributed by atoms with Gasteiger partial charge in [-0.15, -0.1) is 0 Å². The summed E-state index contributed by atoms with van der Waals surface area (Å²) in [6.07, 6.45) is 1.17. The molecule has 80 valence electrons. The normalized spacial score (nSPS) is 9.67. The maximum atomic E-state index is 9.05. The fourth-order valence-electron chi connectivity index (χ4n) is 1.18. The summed E-state index contributed by atoms with van der Waals surface area (Å²) >= 11 is 0. The van der Waals surface area contributed by atoms with Crippen molar-refractivity contribution < 1.29 is 9.84 Å². The molecule has 1 aromatic heterocycles. The molecular formula is C11H14N2O2. The number of hydrogen-bond acceptors (Lipinski definition) is 4. The minimum atomic E-state index is -0.130. The van der Waals surface area contributed by atoms with E-state index < -0.39 is 0 Å². The Morgan fingerprint density at radius 3 is 3.00 bits per heavy atom. The van der Waals surface area contributed by atoms with Gasteiger partial charge in [-0.2, -0.15) is 5.26 Å². The van der Waals surface area contributed by atoms with Crippen molar-refractivity contribution in [1.82, 2.24) is 4.98 Å². The lowest BCUT2D eigenvalue weighted by Crippen LogP contribution is -2.02. The van der Waals surface area contributed by atoms with Crippen LogP contribution in [-0.2, 0) is 6.61 Å². The lowest BCUT2D eigenvalue weighted by molar-refractivity contribution is 0.256. The zero-order valence-corrected chi connectivity index (χ0v) is 8.73. The van der Waals surface area contributed by atoms with Crippen LogP contribution in [0.5, 0.6) is 5.75 Å². The average molecular weight is 206 g/mol. The lowest BCUT2D eigenvalue weighted by Gasteiger charge is -2.08. The minimum absolute atomic E-state index is 0.130. The Bertz CT molecular complexity index is 358. The largest absolute Gasteiger partial charge is 0.492 e. The van der Waals surface area contributed by atoms with Gasteiger partial charge in [0.1, 0.15) is 11.4 Å². The predicted molar refractivity (Wildman–Crippen MR) is 55.2 cm³/mol. The highest BCUT2D eigenvalue weighted by molar-refractivity contribution is 5.28. The Labute approximate surface area is 89.1 Å². The highest BCUT2D eigenvalue weighted by atomic mass is 16.5. The number of aliphatic hydroxyl groups excluding tert-OH is 1. The highest BCUT2D eigenvalue weighted by Crippen LogP contribution is 2.17. The molecule has 0 aliphatic carbocycles. The first-order chi connectivity index (χ1) is 7.27. The van der Waals surface area contributed by atoms with E-state index in [9.17, 15) is 0 Å². The standard InChI is InChI=1S/C11H14N2O2/c1-9-4-5-11(10(8-14)13-9)15-7-3-2-6-12/h4-5,14H,2-3,7-8H2,1H3. The zero-order chi connectivity index (χ0) is 11.1. The summed E-state index contributed by atoms with van der Waals surface area (Å²) < 4.78 is 5.41. The van der Waals surface area contributed by atoms with E-state index in [4.69, 9.17) is 15.1 Å². The first-order valence-corrected chi connectivity index (χ1v) is 4.85. The molecule has 0 aliphatic rings. The van der Waals surface area contributed by atoms with Gasteiger partial charge in [-0.3, -0.25) is 4.98 Å². The van der Waals surface area contributed by atoms with Crippen molar-refractivity contribution in [1.29, 1.82) is 5.26 Å². The van der Waals surface area contributed by atoms with Crippen LogP contribution in [0.3, 0.4) is 0 Å². The Hall–Kier alpha value is -1.60. The van der Waals surface area contributed by atoms with E-state index in [0.717, 1.165) is 5.69 Å². The van der Waals surface area contributed by atoms with E-state index in [1.54, 1.807) is 6.07 Å². The van der Waals surface area contributed by atoms with Crippen LogP contribution in [-0.4, -0.2) is 16.7 Å². The summed E-state index contributed by atoms with van der Waals surface area (Å²) in [5, 5.41) is 17.4. The molecule has 0 amide bonds. The van der Waals surface area contributed by atoms with E-state index in [1.807, 2.05) is 19.1 Å². The van der Waals surface area contributed by atoms with Gasteiger partial charge in [-0.25, -0.2) is 0 Å². The van der Waals surface area contributed by atoms with Crippen LogP contribution in [0.25, 0.3) is 0 Å². The SMILES string of the molecule is Cc1ccc(OCCCC#N)c(CO)n1. The molecule has 1 N–H and O–H groups in total. The molecule has 0 saturated heterocycles. The number of unbranched alkanes of at least 4 members (excludes halogenated alkanes) is 1. The van der Waals surface area contributed by atoms with Crippen LogP contribution in [0.15, 0.2) is 12.1 Å². The highest BCUT2D eigenvalue weighted by Gasteiger charge is 2.04. The maximum absolute atomic E-state index is 9.05. The first-order valence-electron chi connectivity index (χ1n) is 4.85. The molecule has 0 saturated carbocycles. The van der Waals surface area contributed by atoms with Crippen molar-refractivity contribution >= 4 is 0 Å². The summed E-state index contributed by atoms with van der Waals surface area (Å²) in [4.78, 5) is 4.15. The van der Waals surface area contributed by atoms with Crippen LogP contribution in [0.1, 0.15) is 24.2 Å². The number of pyridine rings is 1. The number of hydrogen-bond donors (Lipinski definition) is 1. The molecule has 0 unspecified atom stereocenters. The second kappa shape index (κ2) is 5.99. The van der Waals surface area contributed by atoms with Crippen molar-refractivity contribution in [3.8, 4) is 11.8 Å². The Morgan fingerprint density at radius 1 is 1.53 bits per heavy atom. The number of nitriles is 1. The molecule has 0 radical (unpaired) electrons. The molecule has 1 heterocycles. The molecule has 0 aromatic carbocycles. The van der Waals surface area contributed by atoms with Crippen LogP contribution in [0.2, 0.25) is 0 Å². The van der Waals surface area contributed by atoms with E-state index >= 15 is 0 Å². The Kier molecular flexibility index (Phi) is 4.58. The molecule has 4 heteroatoms. The molecule has 15 heavy (non-hydrogen) atoms. The molecule has 0 bridgehead atoms. The minimum Gasteiger partial charge on any atom is -0.492 e.